The molecule has 0 N–H and O–H groups in total. The molecule has 0 spiro atoms. The lowest BCUT2D eigenvalue weighted by Crippen LogP contribution is -1.97. The number of hydrogen-bond acceptors (Lipinski definition) is 2. The molecular formula is C14H9BrClNO. The molecule has 0 aromatic heterocycles. The molecule has 2 aromatic carbocycles. The van der Waals surface area contributed by atoms with Crippen molar-refractivity contribution in [2.75, 3.05) is 0 Å². The van der Waals surface area contributed by atoms with E-state index in [4.69, 9.17) is 21.6 Å². The van der Waals surface area contributed by atoms with E-state index < -0.39 is 0 Å². The molecule has 0 bridgehead atoms. The van der Waals surface area contributed by atoms with Crippen LogP contribution >= 0.6 is 27.5 Å². The first-order chi connectivity index (χ1) is 8.70. The minimum Gasteiger partial charge on any atom is -0.487 e. The Kier molecular flexibility index (Phi) is 4.24. The molecule has 0 radical (unpaired) electrons. The second-order valence-electron chi connectivity index (χ2n) is 3.64. The van der Waals surface area contributed by atoms with Crippen LogP contribution in [0.25, 0.3) is 0 Å². The van der Waals surface area contributed by atoms with E-state index in [1.807, 2.05) is 30.3 Å². The van der Waals surface area contributed by atoms with Crippen LogP contribution in [-0.2, 0) is 6.61 Å². The third-order valence-electron chi connectivity index (χ3n) is 2.39. The van der Waals surface area contributed by atoms with E-state index in [1.165, 1.54) is 0 Å². The second-order valence-corrected chi connectivity index (χ2v) is 4.96. The fourth-order valence-corrected chi connectivity index (χ4v) is 1.95. The monoisotopic (exact) mass is 321 g/mol. The van der Waals surface area contributed by atoms with Crippen LogP contribution in [0.1, 0.15) is 11.1 Å². The Morgan fingerprint density at radius 1 is 1.17 bits per heavy atom. The van der Waals surface area contributed by atoms with Gasteiger partial charge in [0.2, 0.25) is 0 Å². The third kappa shape index (κ3) is 3.04. The first-order valence-corrected chi connectivity index (χ1v) is 6.43. The first kappa shape index (κ1) is 12.9. The highest BCUT2D eigenvalue weighted by Crippen LogP contribution is 2.26. The van der Waals surface area contributed by atoms with Gasteiger partial charge in [0, 0.05) is 4.47 Å². The maximum absolute atomic E-state index is 9.01. The predicted molar refractivity (Wildman–Crippen MR) is 74.6 cm³/mol. The molecule has 0 heterocycles. The minimum atomic E-state index is 0.372. The second kappa shape index (κ2) is 5.90. The number of hydrogen-bond donors (Lipinski definition) is 0. The van der Waals surface area contributed by atoms with Gasteiger partial charge in [0.25, 0.3) is 0 Å². The number of ether oxygens (including phenoxy) is 1. The van der Waals surface area contributed by atoms with Crippen molar-refractivity contribution in [3.05, 3.63) is 63.1 Å². The lowest BCUT2D eigenvalue weighted by molar-refractivity contribution is 0.305. The summed E-state index contributed by atoms with van der Waals surface area (Å²) < 4.78 is 6.63. The topological polar surface area (TPSA) is 33.0 Å². The fraction of sp³-hybridized carbons (Fsp3) is 0.0714. The summed E-state index contributed by atoms with van der Waals surface area (Å²) in [6.07, 6.45) is 0. The number of nitrogens with zero attached hydrogens (tertiary/aromatic N) is 1. The minimum absolute atomic E-state index is 0.372. The summed E-state index contributed by atoms with van der Waals surface area (Å²) in [5.41, 5.74) is 1.40. The van der Waals surface area contributed by atoms with Gasteiger partial charge in [-0.3, -0.25) is 0 Å². The van der Waals surface area contributed by atoms with Gasteiger partial charge in [-0.1, -0.05) is 45.7 Å². The van der Waals surface area contributed by atoms with Crippen molar-refractivity contribution in [2.24, 2.45) is 0 Å². The number of halogens is 2. The van der Waals surface area contributed by atoms with E-state index in [2.05, 4.69) is 15.9 Å². The molecule has 0 saturated carbocycles. The van der Waals surface area contributed by atoms with Crippen molar-refractivity contribution < 1.29 is 4.74 Å². The summed E-state index contributed by atoms with van der Waals surface area (Å²) in [6.45, 7) is 0.405. The summed E-state index contributed by atoms with van der Waals surface area (Å²) >= 11 is 9.30. The van der Waals surface area contributed by atoms with Gasteiger partial charge < -0.3 is 4.74 Å². The summed E-state index contributed by atoms with van der Waals surface area (Å²) in [5, 5.41) is 9.42. The fourth-order valence-electron chi connectivity index (χ4n) is 1.47. The number of benzene rings is 2. The zero-order valence-electron chi connectivity index (χ0n) is 9.36. The molecule has 0 aliphatic rings. The zero-order valence-corrected chi connectivity index (χ0v) is 11.7. The lowest BCUT2D eigenvalue weighted by Gasteiger charge is -2.08. The Labute approximate surface area is 119 Å². The van der Waals surface area contributed by atoms with Gasteiger partial charge in [0.15, 0.2) is 0 Å². The lowest BCUT2D eigenvalue weighted by atomic mass is 10.2. The quantitative estimate of drug-likeness (QED) is 0.830. The summed E-state index contributed by atoms with van der Waals surface area (Å²) in [7, 11) is 0. The van der Waals surface area contributed by atoms with Crippen LogP contribution in [0.2, 0.25) is 5.02 Å². The van der Waals surface area contributed by atoms with Crippen LogP contribution < -0.4 is 4.74 Å². The highest BCUT2D eigenvalue weighted by atomic mass is 79.9. The van der Waals surface area contributed by atoms with Crippen LogP contribution in [0.5, 0.6) is 5.75 Å². The molecule has 0 aliphatic carbocycles. The molecule has 18 heavy (non-hydrogen) atoms. The van der Waals surface area contributed by atoms with Crippen LogP contribution in [0.3, 0.4) is 0 Å². The third-order valence-corrected chi connectivity index (χ3v) is 3.24. The molecule has 0 amide bonds. The van der Waals surface area contributed by atoms with E-state index in [-0.39, 0.29) is 0 Å². The van der Waals surface area contributed by atoms with Crippen LogP contribution in [-0.4, -0.2) is 0 Å². The standard InChI is InChI=1S/C14H9BrClNO/c15-11-6-4-10(5-7-11)9-18-14-3-1-2-13(16)12(14)8-17/h1-7H,9H2. The Hall–Kier alpha value is -1.50. The molecule has 0 unspecified atom stereocenters. The van der Waals surface area contributed by atoms with Crippen molar-refractivity contribution in [3.63, 3.8) is 0 Å². The van der Waals surface area contributed by atoms with E-state index in [0.717, 1.165) is 10.0 Å². The summed E-state index contributed by atoms with van der Waals surface area (Å²) in [5.74, 6) is 0.507. The van der Waals surface area contributed by atoms with Gasteiger partial charge in [-0.05, 0) is 29.8 Å². The van der Waals surface area contributed by atoms with Gasteiger partial charge in [-0.25, -0.2) is 0 Å². The number of nitriles is 1. The van der Waals surface area contributed by atoms with Crippen molar-refractivity contribution >= 4 is 27.5 Å². The molecule has 2 rings (SSSR count). The molecule has 0 atom stereocenters. The SMILES string of the molecule is N#Cc1c(Cl)cccc1OCc1ccc(Br)cc1. The molecule has 2 aromatic rings. The smallest absolute Gasteiger partial charge is 0.139 e. The Bertz CT molecular complexity index is 590. The van der Waals surface area contributed by atoms with Crippen molar-refractivity contribution in [2.45, 2.75) is 6.61 Å². The van der Waals surface area contributed by atoms with Crippen LogP contribution in [0, 0.1) is 11.3 Å². The van der Waals surface area contributed by atoms with Gasteiger partial charge in [-0.2, -0.15) is 5.26 Å². The average molecular weight is 323 g/mol. The average Bonchev–Trinajstić information content (AvgIpc) is 2.38. The normalized spacial score (nSPS) is 9.83. The van der Waals surface area contributed by atoms with Crippen molar-refractivity contribution in [1.82, 2.24) is 0 Å². The Morgan fingerprint density at radius 3 is 2.56 bits per heavy atom. The van der Waals surface area contributed by atoms with E-state index in [0.29, 0.717) is 22.9 Å². The van der Waals surface area contributed by atoms with Gasteiger partial charge >= 0.3 is 0 Å². The van der Waals surface area contributed by atoms with Crippen molar-refractivity contribution in [3.8, 4) is 11.8 Å². The van der Waals surface area contributed by atoms with Gasteiger partial charge in [-0.15, -0.1) is 0 Å². The molecule has 4 heteroatoms. The maximum atomic E-state index is 9.01. The van der Waals surface area contributed by atoms with E-state index in [1.54, 1.807) is 18.2 Å². The Balaban J connectivity index is 2.14. The van der Waals surface area contributed by atoms with E-state index in [9.17, 15) is 0 Å². The highest BCUT2D eigenvalue weighted by Gasteiger charge is 2.07. The van der Waals surface area contributed by atoms with Gasteiger partial charge in [0.05, 0.1) is 5.02 Å². The van der Waals surface area contributed by atoms with Gasteiger partial charge in [0.1, 0.15) is 24.0 Å². The predicted octanol–water partition coefficient (Wildman–Crippen LogP) is 4.55. The zero-order chi connectivity index (χ0) is 13.0. The first-order valence-electron chi connectivity index (χ1n) is 5.26. The van der Waals surface area contributed by atoms with Crippen molar-refractivity contribution in [1.29, 1.82) is 5.26 Å². The molecule has 0 saturated heterocycles. The molecule has 90 valence electrons. The molecular weight excluding hydrogens is 314 g/mol. The number of rotatable bonds is 3. The highest BCUT2D eigenvalue weighted by molar-refractivity contribution is 9.10. The van der Waals surface area contributed by atoms with Crippen LogP contribution in [0.4, 0.5) is 0 Å². The molecule has 0 fully saturated rings. The maximum Gasteiger partial charge on any atom is 0.139 e. The van der Waals surface area contributed by atoms with E-state index >= 15 is 0 Å². The largest absolute Gasteiger partial charge is 0.487 e. The Morgan fingerprint density at radius 2 is 1.89 bits per heavy atom. The summed E-state index contributed by atoms with van der Waals surface area (Å²) in [4.78, 5) is 0. The molecule has 0 aliphatic heterocycles. The summed E-state index contributed by atoms with van der Waals surface area (Å²) in [6, 6.07) is 15.0. The van der Waals surface area contributed by atoms with Crippen LogP contribution in [0.15, 0.2) is 46.9 Å². The molecule has 2 nitrogen and oxygen atoms in total.